The summed E-state index contributed by atoms with van der Waals surface area (Å²) in [7, 11) is 1.96. The summed E-state index contributed by atoms with van der Waals surface area (Å²) in [6.07, 6.45) is 6.77. The number of rotatable bonds is 7. The first-order chi connectivity index (χ1) is 11.6. The van der Waals surface area contributed by atoms with E-state index >= 15 is 0 Å². The molecule has 0 atom stereocenters. The van der Waals surface area contributed by atoms with Crippen molar-refractivity contribution < 1.29 is 5.11 Å². The van der Waals surface area contributed by atoms with Crippen LogP contribution in [0.3, 0.4) is 0 Å². The lowest BCUT2D eigenvalue weighted by atomic mass is 9.93. The summed E-state index contributed by atoms with van der Waals surface area (Å²) in [5, 5.41) is 24.8. The highest BCUT2D eigenvalue weighted by Gasteiger charge is 2.20. The molecule has 8 heteroatoms. The van der Waals surface area contributed by atoms with Crippen LogP contribution < -0.4 is 10.6 Å². The van der Waals surface area contributed by atoms with Crippen LogP contribution in [-0.4, -0.2) is 56.5 Å². The molecule has 1 aliphatic rings. The lowest BCUT2D eigenvalue weighted by Crippen LogP contribution is -2.45. The fourth-order valence-corrected chi connectivity index (χ4v) is 3.16. The molecule has 1 aromatic rings. The molecule has 1 heterocycles. The van der Waals surface area contributed by atoms with Crippen LogP contribution in [0.1, 0.15) is 43.8 Å². The molecule has 0 aliphatic heterocycles. The van der Waals surface area contributed by atoms with Crippen LogP contribution >= 0.6 is 11.8 Å². The topological polar surface area (TPSA) is 87.4 Å². The highest BCUT2D eigenvalue weighted by Crippen LogP contribution is 2.18. The lowest BCUT2D eigenvalue weighted by Gasteiger charge is -2.27. The van der Waals surface area contributed by atoms with Crippen molar-refractivity contribution in [2.75, 3.05) is 18.6 Å². The maximum Gasteiger partial charge on any atom is 0.191 e. The molecule has 0 unspecified atom stereocenters. The van der Waals surface area contributed by atoms with E-state index in [2.05, 4.69) is 32.1 Å². The second-order valence-electron chi connectivity index (χ2n) is 6.31. The number of nitrogens with one attached hydrogen (secondary N) is 2. The predicted molar refractivity (Wildman–Crippen MR) is 99.3 cm³/mol. The Labute approximate surface area is 148 Å². The van der Waals surface area contributed by atoms with Crippen molar-refractivity contribution in [1.29, 1.82) is 0 Å². The Morgan fingerprint density at radius 1 is 1.33 bits per heavy atom. The van der Waals surface area contributed by atoms with Crippen molar-refractivity contribution in [1.82, 2.24) is 25.4 Å². The van der Waals surface area contributed by atoms with Gasteiger partial charge in [0.15, 0.2) is 11.8 Å². The molecule has 1 aliphatic carbocycles. The fourth-order valence-electron chi connectivity index (χ4n) is 2.73. The molecule has 0 radical (unpaired) electrons. The Kier molecular flexibility index (Phi) is 7.84. The summed E-state index contributed by atoms with van der Waals surface area (Å²) in [5.74, 6) is 3.72. The minimum Gasteiger partial charge on any atom is -0.393 e. The average molecular weight is 355 g/mol. The van der Waals surface area contributed by atoms with Crippen LogP contribution in [0, 0.1) is 6.92 Å². The molecule has 136 valence electrons. The van der Waals surface area contributed by atoms with Gasteiger partial charge >= 0.3 is 0 Å². The van der Waals surface area contributed by atoms with E-state index in [1.54, 1.807) is 0 Å². The van der Waals surface area contributed by atoms with Gasteiger partial charge in [-0.3, -0.25) is 0 Å². The summed E-state index contributed by atoms with van der Waals surface area (Å²) in [5.41, 5.74) is 0. The summed E-state index contributed by atoms with van der Waals surface area (Å²) in [6, 6.07) is 0.376. The van der Waals surface area contributed by atoms with Crippen molar-refractivity contribution in [3.63, 3.8) is 0 Å². The third kappa shape index (κ3) is 5.98. The standard InChI is InChI=1S/C16H30N6OS/c1-12-20-21-15(22(12)2)11-18-16(17-9-4-10-24-3)19-13-5-7-14(23)8-6-13/h13-14,23H,4-11H2,1-3H3,(H2,17,18,19). The molecular weight excluding hydrogens is 324 g/mol. The number of thioether (sulfide) groups is 1. The smallest absolute Gasteiger partial charge is 0.191 e. The Morgan fingerprint density at radius 2 is 2.08 bits per heavy atom. The zero-order valence-electron chi connectivity index (χ0n) is 15.0. The van der Waals surface area contributed by atoms with Crippen LogP contribution in [0.4, 0.5) is 0 Å². The summed E-state index contributed by atoms with van der Waals surface area (Å²) < 4.78 is 1.96. The number of hydrogen-bond donors (Lipinski definition) is 3. The van der Waals surface area contributed by atoms with Gasteiger partial charge in [-0.1, -0.05) is 0 Å². The molecule has 3 N–H and O–H groups in total. The van der Waals surface area contributed by atoms with Gasteiger partial charge in [0.1, 0.15) is 12.4 Å². The lowest BCUT2D eigenvalue weighted by molar-refractivity contribution is 0.120. The zero-order valence-corrected chi connectivity index (χ0v) is 15.8. The molecule has 0 saturated heterocycles. The number of aliphatic hydroxyl groups is 1. The van der Waals surface area contributed by atoms with Crippen molar-refractivity contribution in [2.24, 2.45) is 12.0 Å². The zero-order chi connectivity index (χ0) is 17.4. The van der Waals surface area contributed by atoms with Crippen molar-refractivity contribution in [3.05, 3.63) is 11.6 Å². The second kappa shape index (κ2) is 9.88. The summed E-state index contributed by atoms with van der Waals surface area (Å²) in [4.78, 5) is 4.68. The first-order valence-electron chi connectivity index (χ1n) is 8.67. The largest absolute Gasteiger partial charge is 0.393 e. The van der Waals surface area contributed by atoms with Crippen LogP contribution in [0.2, 0.25) is 0 Å². The molecule has 0 aromatic carbocycles. The van der Waals surface area contributed by atoms with E-state index < -0.39 is 0 Å². The van der Waals surface area contributed by atoms with E-state index in [0.29, 0.717) is 12.6 Å². The molecule has 0 spiro atoms. The van der Waals surface area contributed by atoms with Gasteiger partial charge in [-0.2, -0.15) is 11.8 Å². The fraction of sp³-hybridized carbons (Fsp3) is 0.812. The molecule has 2 rings (SSSR count). The molecule has 0 amide bonds. The van der Waals surface area contributed by atoms with E-state index in [0.717, 1.165) is 62.0 Å². The Hall–Kier alpha value is -1.28. The normalized spacial score (nSPS) is 21.8. The average Bonchev–Trinajstić information content (AvgIpc) is 2.90. The third-order valence-corrected chi connectivity index (χ3v) is 5.11. The van der Waals surface area contributed by atoms with E-state index in [1.807, 2.05) is 30.3 Å². The quantitative estimate of drug-likeness (QED) is 0.388. The van der Waals surface area contributed by atoms with Crippen LogP contribution in [0.25, 0.3) is 0 Å². The summed E-state index contributed by atoms with van der Waals surface area (Å²) in [6.45, 7) is 3.35. The second-order valence-corrected chi connectivity index (χ2v) is 7.30. The molecule has 1 saturated carbocycles. The van der Waals surface area contributed by atoms with Crippen LogP contribution in [0.15, 0.2) is 4.99 Å². The minimum atomic E-state index is -0.139. The van der Waals surface area contributed by atoms with Gasteiger partial charge < -0.3 is 20.3 Å². The summed E-state index contributed by atoms with van der Waals surface area (Å²) >= 11 is 1.85. The van der Waals surface area contributed by atoms with Crippen molar-refractivity contribution >= 4 is 17.7 Å². The van der Waals surface area contributed by atoms with Gasteiger partial charge in [-0.05, 0) is 51.0 Å². The maximum absolute atomic E-state index is 9.65. The molecule has 24 heavy (non-hydrogen) atoms. The number of nitrogens with zero attached hydrogens (tertiary/aromatic N) is 4. The third-order valence-electron chi connectivity index (χ3n) is 4.42. The van der Waals surface area contributed by atoms with Gasteiger partial charge in [0.05, 0.1) is 6.10 Å². The molecule has 1 aromatic heterocycles. The van der Waals surface area contributed by atoms with E-state index in [9.17, 15) is 5.11 Å². The minimum absolute atomic E-state index is 0.139. The predicted octanol–water partition coefficient (Wildman–Crippen LogP) is 1.22. The van der Waals surface area contributed by atoms with E-state index in [-0.39, 0.29) is 6.10 Å². The molecular formula is C16H30N6OS. The van der Waals surface area contributed by atoms with Gasteiger partial charge in [0, 0.05) is 19.6 Å². The number of aromatic nitrogens is 3. The van der Waals surface area contributed by atoms with Gasteiger partial charge in [0.2, 0.25) is 0 Å². The highest BCUT2D eigenvalue weighted by atomic mass is 32.2. The van der Waals surface area contributed by atoms with E-state index in [1.165, 1.54) is 0 Å². The number of aliphatic hydroxyl groups excluding tert-OH is 1. The highest BCUT2D eigenvalue weighted by molar-refractivity contribution is 7.98. The molecule has 7 nitrogen and oxygen atoms in total. The van der Waals surface area contributed by atoms with Gasteiger partial charge in [-0.25, -0.2) is 4.99 Å². The first kappa shape index (κ1) is 19.1. The van der Waals surface area contributed by atoms with E-state index in [4.69, 9.17) is 0 Å². The SMILES string of the molecule is CSCCCNC(=NCc1nnc(C)n1C)NC1CCC(O)CC1. The Balaban J connectivity index is 1.93. The number of aliphatic imine (C=N–C) groups is 1. The number of aryl methyl sites for hydroxylation is 1. The molecule has 0 bridgehead atoms. The monoisotopic (exact) mass is 354 g/mol. The molecule has 1 fully saturated rings. The van der Waals surface area contributed by atoms with Gasteiger partial charge in [0.25, 0.3) is 0 Å². The number of hydrogen-bond acceptors (Lipinski definition) is 5. The number of guanidine groups is 1. The Bertz CT molecular complexity index is 525. The van der Waals surface area contributed by atoms with Crippen LogP contribution in [0.5, 0.6) is 0 Å². The van der Waals surface area contributed by atoms with Gasteiger partial charge in [-0.15, -0.1) is 10.2 Å². The maximum atomic E-state index is 9.65. The van der Waals surface area contributed by atoms with Crippen molar-refractivity contribution in [3.8, 4) is 0 Å². The Morgan fingerprint density at radius 3 is 2.71 bits per heavy atom. The van der Waals surface area contributed by atoms with Crippen LogP contribution in [-0.2, 0) is 13.6 Å². The first-order valence-corrected chi connectivity index (χ1v) is 10.1. The van der Waals surface area contributed by atoms with Crippen molar-refractivity contribution in [2.45, 2.75) is 57.7 Å².